The molecule has 130 valence electrons. The van der Waals surface area contributed by atoms with Crippen molar-refractivity contribution in [2.45, 2.75) is 32.1 Å². The van der Waals surface area contributed by atoms with E-state index in [1.54, 1.807) is 0 Å². The molecule has 1 aliphatic carbocycles. The highest BCUT2D eigenvalue weighted by Gasteiger charge is 2.10. The Kier molecular flexibility index (Phi) is 7.06. The van der Waals surface area contributed by atoms with E-state index in [1.807, 2.05) is 0 Å². The molecule has 2 rings (SSSR count). The largest absolute Gasteiger partial charge is 0.484 e. The molecular weight excluding hydrogens is 335 g/mol. The van der Waals surface area contributed by atoms with Crippen molar-refractivity contribution in [3.05, 3.63) is 40.7 Å². The van der Waals surface area contributed by atoms with Crippen LogP contribution in [0.15, 0.2) is 29.8 Å². The molecule has 0 atom stereocenters. The Morgan fingerprint density at radius 3 is 2.83 bits per heavy atom. The van der Waals surface area contributed by atoms with Crippen molar-refractivity contribution in [2.75, 3.05) is 13.2 Å². The van der Waals surface area contributed by atoms with Gasteiger partial charge in [0, 0.05) is 12.6 Å². The maximum atomic E-state index is 13.0. The Morgan fingerprint density at radius 2 is 2.12 bits per heavy atom. The number of rotatable bonds is 6. The van der Waals surface area contributed by atoms with Crippen LogP contribution in [0.1, 0.15) is 32.1 Å². The smallest absolute Gasteiger partial charge is 0.321 e. The van der Waals surface area contributed by atoms with Crippen LogP contribution in [0.5, 0.6) is 5.75 Å². The molecule has 7 heteroatoms. The summed E-state index contributed by atoms with van der Waals surface area (Å²) in [6.07, 6.45) is 7.62. The molecule has 0 radical (unpaired) electrons. The van der Waals surface area contributed by atoms with Gasteiger partial charge in [0.25, 0.3) is 5.91 Å². The van der Waals surface area contributed by atoms with Gasteiger partial charge in [0.2, 0.25) is 0 Å². The lowest BCUT2D eigenvalue weighted by Crippen LogP contribution is -2.42. The first kappa shape index (κ1) is 18.3. The lowest BCUT2D eigenvalue weighted by molar-refractivity contribution is -0.122. The zero-order valence-corrected chi connectivity index (χ0v) is 14.0. The lowest BCUT2D eigenvalue weighted by atomic mass is 9.97. The fourth-order valence-electron chi connectivity index (χ4n) is 2.39. The molecule has 1 aromatic carbocycles. The summed E-state index contributed by atoms with van der Waals surface area (Å²) in [7, 11) is 0. The zero-order chi connectivity index (χ0) is 17.4. The van der Waals surface area contributed by atoms with Crippen LogP contribution in [0.3, 0.4) is 0 Å². The Bertz CT molecular complexity index is 634. The number of halogens is 2. The van der Waals surface area contributed by atoms with Gasteiger partial charge in [-0.2, -0.15) is 0 Å². The van der Waals surface area contributed by atoms with Gasteiger partial charge in [0.05, 0.1) is 5.02 Å². The number of hydrogen-bond acceptors (Lipinski definition) is 3. The maximum Gasteiger partial charge on any atom is 0.321 e. The topological polar surface area (TPSA) is 67.4 Å². The number of allylic oxidation sites excluding steroid dienone is 1. The van der Waals surface area contributed by atoms with Crippen molar-refractivity contribution in [2.24, 2.45) is 0 Å². The van der Waals surface area contributed by atoms with E-state index < -0.39 is 17.8 Å². The van der Waals surface area contributed by atoms with Crippen LogP contribution in [0, 0.1) is 5.82 Å². The van der Waals surface area contributed by atoms with Crippen LogP contribution in [0.2, 0.25) is 5.02 Å². The van der Waals surface area contributed by atoms with E-state index in [-0.39, 0.29) is 17.4 Å². The third-order valence-corrected chi connectivity index (χ3v) is 3.92. The third kappa shape index (κ3) is 6.20. The Hall–Kier alpha value is -2.08. The summed E-state index contributed by atoms with van der Waals surface area (Å²) in [5, 5.41) is 4.72. The molecule has 0 saturated heterocycles. The Morgan fingerprint density at radius 1 is 1.29 bits per heavy atom. The number of ether oxygens (including phenoxy) is 1. The van der Waals surface area contributed by atoms with Crippen LogP contribution >= 0.6 is 11.6 Å². The van der Waals surface area contributed by atoms with Crippen LogP contribution in [0.4, 0.5) is 9.18 Å². The second-order valence-corrected chi connectivity index (χ2v) is 5.93. The molecule has 3 amide bonds. The van der Waals surface area contributed by atoms with Gasteiger partial charge >= 0.3 is 6.03 Å². The molecule has 0 unspecified atom stereocenters. The molecule has 1 aromatic rings. The Labute approximate surface area is 145 Å². The molecule has 24 heavy (non-hydrogen) atoms. The molecule has 0 fully saturated rings. The molecule has 5 nitrogen and oxygen atoms in total. The van der Waals surface area contributed by atoms with Gasteiger partial charge in [-0.3, -0.25) is 10.1 Å². The summed E-state index contributed by atoms with van der Waals surface area (Å²) in [6.45, 7) is 0.125. The predicted octanol–water partition coefficient (Wildman–Crippen LogP) is 3.57. The summed E-state index contributed by atoms with van der Waals surface area (Å²) in [5.74, 6) is -0.910. The van der Waals surface area contributed by atoms with Crippen molar-refractivity contribution in [1.29, 1.82) is 0 Å². The summed E-state index contributed by atoms with van der Waals surface area (Å²) >= 11 is 5.61. The minimum atomic E-state index is -0.593. The number of imide groups is 1. The fraction of sp³-hybridized carbons (Fsp3) is 0.412. The van der Waals surface area contributed by atoms with Gasteiger partial charge in [-0.1, -0.05) is 23.3 Å². The van der Waals surface area contributed by atoms with E-state index in [0.29, 0.717) is 6.54 Å². The monoisotopic (exact) mass is 354 g/mol. The number of urea groups is 1. The van der Waals surface area contributed by atoms with Crippen LogP contribution < -0.4 is 15.4 Å². The van der Waals surface area contributed by atoms with Crippen molar-refractivity contribution in [3.63, 3.8) is 0 Å². The molecular formula is C17H20ClFN2O3. The van der Waals surface area contributed by atoms with E-state index >= 15 is 0 Å². The number of hydrogen-bond donors (Lipinski definition) is 2. The second kappa shape index (κ2) is 9.27. The van der Waals surface area contributed by atoms with Gasteiger partial charge in [0.15, 0.2) is 6.61 Å². The predicted molar refractivity (Wildman–Crippen MR) is 89.6 cm³/mol. The zero-order valence-electron chi connectivity index (χ0n) is 13.2. The summed E-state index contributed by atoms with van der Waals surface area (Å²) < 4.78 is 18.2. The van der Waals surface area contributed by atoms with Crippen molar-refractivity contribution in [3.8, 4) is 5.75 Å². The van der Waals surface area contributed by atoms with Gasteiger partial charge in [0.1, 0.15) is 11.6 Å². The molecule has 0 aliphatic heterocycles. The number of amides is 3. The Balaban J connectivity index is 1.64. The summed E-state index contributed by atoms with van der Waals surface area (Å²) in [5.41, 5.74) is 1.35. The normalized spacial score (nSPS) is 13.8. The average Bonchev–Trinajstić information content (AvgIpc) is 2.57. The minimum Gasteiger partial charge on any atom is -0.484 e. The lowest BCUT2D eigenvalue weighted by Gasteiger charge is -2.13. The first-order valence-electron chi connectivity index (χ1n) is 7.88. The minimum absolute atomic E-state index is 0.0948. The molecule has 0 bridgehead atoms. The van der Waals surface area contributed by atoms with Crippen molar-refractivity contribution in [1.82, 2.24) is 10.6 Å². The van der Waals surface area contributed by atoms with Gasteiger partial charge in [-0.15, -0.1) is 0 Å². The number of nitrogens with one attached hydrogen (secondary N) is 2. The van der Waals surface area contributed by atoms with E-state index in [0.717, 1.165) is 25.3 Å². The van der Waals surface area contributed by atoms with E-state index in [2.05, 4.69) is 16.7 Å². The molecule has 0 heterocycles. The standard InChI is InChI=1S/C17H20ClFN2O3/c18-14-10-13(6-7-15(14)19)24-11-16(22)21-17(23)20-9-8-12-4-2-1-3-5-12/h4,6-7,10H,1-3,5,8-9,11H2,(H2,20,21,22,23). The van der Waals surface area contributed by atoms with E-state index in [9.17, 15) is 14.0 Å². The van der Waals surface area contributed by atoms with Crippen molar-refractivity contribution < 1.29 is 18.7 Å². The molecule has 0 saturated carbocycles. The highest BCUT2D eigenvalue weighted by atomic mass is 35.5. The number of benzene rings is 1. The summed E-state index contributed by atoms with van der Waals surface area (Å²) in [6, 6.07) is 3.20. The molecule has 2 N–H and O–H groups in total. The average molecular weight is 355 g/mol. The second-order valence-electron chi connectivity index (χ2n) is 5.53. The van der Waals surface area contributed by atoms with Gasteiger partial charge in [-0.05, 0) is 44.2 Å². The van der Waals surface area contributed by atoms with E-state index in [4.69, 9.17) is 16.3 Å². The first-order chi connectivity index (χ1) is 11.5. The maximum absolute atomic E-state index is 13.0. The number of carbonyl (C=O) groups is 2. The molecule has 0 aromatic heterocycles. The van der Waals surface area contributed by atoms with Gasteiger partial charge < -0.3 is 10.1 Å². The first-order valence-corrected chi connectivity index (χ1v) is 8.26. The third-order valence-electron chi connectivity index (χ3n) is 3.63. The quantitative estimate of drug-likeness (QED) is 0.767. The fourth-order valence-corrected chi connectivity index (χ4v) is 2.56. The van der Waals surface area contributed by atoms with Crippen molar-refractivity contribution >= 4 is 23.5 Å². The van der Waals surface area contributed by atoms with Gasteiger partial charge in [-0.25, -0.2) is 9.18 Å². The highest BCUT2D eigenvalue weighted by Crippen LogP contribution is 2.21. The summed E-state index contributed by atoms with van der Waals surface area (Å²) in [4.78, 5) is 23.2. The number of carbonyl (C=O) groups excluding carboxylic acids is 2. The SMILES string of the molecule is O=C(COc1ccc(F)c(Cl)c1)NC(=O)NCCC1=CCCCC1. The van der Waals surface area contributed by atoms with Crippen LogP contribution in [0.25, 0.3) is 0 Å². The molecule has 1 aliphatic rings. The molecule has 0 spiro atoms. The van der Waals surface area contributed by atoms with Crippen LogP contribution in [-0.4, -0.2) is 25.1 Å². The van der Waals surface area contributed by atoms with E-state index in [1.165, 1.54) is 30.5 Å². The van der Waals surface area contributed by atoms with Crippen LogP contribution in [-0.2, 0) is 4.79 Å². The highest BCUT2D eigenvalue weighted by molar-refractivity contribution is 6.30.